The minimum atomic E-state index is -3.98. The first kappa shape index (κ1) is 77.3. The Balaban J connectivity index is 0.000000129. The van der Waals surface area contributed by atoms with Crippen LogP contribution in [0, 0.1) is 33.7 Å². The van der Waals surface area contributed by atoms with E-state index in [1.54, 1.807) is 108 Å². The maximum absolute atomic E-state index is 14.1. The molecule has 0 saturated carbocycles. The highest BCUT2D eigenvalue weighted by molar-refractivity contribution is 7.89. The van der Waals surface area contributed by atoms with Crippen LogP contribution in [0.3, 0.4) is 0 Å². The number of aromatic nitrogens is 18. The van der Waals surface area contributed by atoms with E-state index in [9.17, 15) is 52.8 Å². The van der Waals surface area contributed by atoms with Gasteiger partial charge in [0, 0.05) is 80.5 Å². The van der Waals surface area contributed by atoms with Crippen molar-refractivity contribution in [2.45, 2.75) is 113 Å². The lowest BCUT2D eigenvalue weighted by atomic mass is 9.66. The molecule has 0 bridgehead atoms. The molecule has 12 heterocycles. The molecule has 588 valence electrons. The second-order valence-corrected chi connectivity index (χ2v) is 36.7. The molecule has 3 aliphatic carbocycles. The molecule has 114 heavy (non-hydrogen) atoms. The number of nitrogens with zero attached hydrogens (tertiary/aromatic N) is 20. The van der Waals surface area contributed by atoms with Gasteiger partial charge in [-0.15, -0.1) is 44.2 Å². The van der Waals surface area contributed by atoms with E-state index >= 15 is 0 Å². The number of sulfonamides is 3. The summed E-state index contributed by atoms with van der Waals surface area (Å²) in [6, 6.07) is 18.1. The summed E-state index contributed by atoms with van der Waals surface area (Å²) in [5.74, 6) is -1.66. The van der Waals surface area contributed by atoms with Gasteiger partial charge in [0.15, 0.2) is 26.2 Å². The second-order valence-electron chi connectivity index (χ2n) is 28.3. The molecular weight excluding hydrogens is 1590 g/mol. The molecule has 3 saturated heterocycles. The molecule has 0 spiro atoms. The Bertz CT molecular complexity index is 5850. The monoisotopic (exact) mass is 1660 g/mol. The fourth-order valence-electron chi connectivity index (χ4n) is 15.8. The first-order valence-corrected chi connectivity index (χ1v) is 43.6. The Morgan fingerprint density at radius 2 is 0.886 bits per heavy atom. The number of thiazole rings is 3. The SMILES string of the molecule is CCC[n+]1cc(S(=O)(=O)N2CCC3=Cc4c(cnn4-c4ccc(F)cc4)C[C@]3(C(=O)c3nccs3)C2)n[nH]1.CCCn1ncc(S(=O)(=O)N2CCC3=Cc4c(cnn4-c4ccc(F)cc4)C[C@]3(C(=O)c3nccs3)C2)n1.CCCn1nncc1S(=O)(=O)N1CCC2=Cc3c(cnn3-c3ccc(F)cc3)C[C@]2(C(=O)c2nccs2)C1. The third-order valence-corrected chi connectivity index (χ3v) is 28.9. The van der Waals surface area contributed by atoms with Crippen molar-refractivity contribution in [1.82, 2.24) is 97.5 Å². The van der Waals surface area contributed by atoms with E-state index in [2.05, 4.69) is 61.1 Å². The smallest absolute Gasteiger partial charge is 0.290 e. The molecular formula is C75H73F3N21O9S6+. The van der Waals surface area contributed by atoms with E-state index in [1.165, 1.54) is 111 Å². The number of carbonyl (C=O) groups excluding carboxylic acids is 3. The van der Waals surface area contributed by atoms with Crippen molar-refractivity contribution < 1.29 is 57.5 Å². The molecule has 30 nitrogen and oxygen atoms in total. The molecule has 12 aromatic rings. The maximum atomic E-state index is 14.1. The number of piperidine rings is 3. The Kier molecular flexibility index (Phi) is 21.0. The minimum absolute atomic E-state index is 0.0178. The summed E-state index contributed by atoms with van der Waals surface area (Å²) in [6.45, 7) is 7.94. The highest BCUT2D eigenvalue weighted by Gasteiger charge is 2.56. The summed E-state index contributed by atoms with van der Waals surface area (Å²) in [4.78, 5) is 56.3. The summed E-state index contributed by atoms with van der Waals surface area (Å²) < 4.78 is 135. The average Bonchev–Trinajstić information content (AvgIpc) is 1.33. The third kappa shape index (κ3) is 14.1. The van der Waals surface area contributed by atoms with E-state index in [4.69, 9.17) is 0 Å². The lowest BCUT2D eigenvalue weighted by Gasteiger charge is -2.44. The fraction of sp³-hybridized carbons (Fsp3) is 0.320. The van der Waals surface area contributed by atoms with Gasteiger partial charge in [0.1, 0.15) is 24.0 Å². The van der Waals surface area contributed by atoms with E-state index in [1.807, 2.05) is 39.0 Å². The van der Waals surface area contributed by atoms with Gasteiger partial charge in [-0.2, -0.15) is 42.8 Å². The number of halogens is 3. The zero-order chi connectivity index (χ0) is 79.5. The number of rotatable bonds is 21. The first-order valence-electron chi connectivity index (χ1n) is 36.7. The third-order valence-electron chi connectivity index (χ3n) is 21.3. The molecule has 0 radical (unpaired) electrons. The number of ketones is 3. The summed E-state index contributed by atoms with van der Waals surface area (Å²) in [5, 5.41) is 42.4. The second kappa shape index (κ2) is 30.9. The lowest BCUT2D eigenvalue weighted by Crippen LogP contribution is -2.53. The predicted octanol–water partition coefficient (Wildman–Crippen LogP) is 9.54. The molecule has 3 atom stereocenters. The number of benzene rings is 3. The molecule has 0 amide bonds. The van der Waals surface area contributed by atoms with Gasteiger partial charge in [-0.05, 0) is 166 Å². The first-order chi connectivity index (χ1) is 55.0. The van der Waals surface area contributed by atoms with E-state index in [0.717, 1.165) is 63.3 Å². The van der Waals surface area contributed by atoms with Crippen LogP contribution in [0.5, 0.6) is 0 Å². The van der Waals surface area contributed by atoms with E-state index in [-0.39, 0.29) is 108 Å². The van der Waals surface area contributed by atoms with Gasteiger partial charge in [-0.3, -0.25) is 14.4 Å². The standard InChI is InChI=1S/3C25H24FN7O3S2/c1-2-9-32-22(15-28-30-32)38(35,36)31-10-7-18-12-21-17(14-29-33(21)20-5-3-19(26)4-6-20)13-25(18,16-31)23(34)24-27-8-11-37-24;1-2-9-32-28-15-22(30-32)38(35,36)31-10-7-18-12-21-17(14-29-33(21)20-5-3-19(26)4-6-20)13-25(18,16-31)23(34)24-27-8-11-37-24;1-2-9-31-15-22(29-30-31)38(35,36)32-10-7-18-12-21-17(14-28-33(21)20-5-3-19(26)4-6-20)13-25(18,16-32)23(34)24-27-8-11-37-24/h3*3-6,8,11-12,14-15H,2,7,9-10,13,16H2,1H3/p+1/t3*25-/m000/s1. The van der Waals surface area contributed by atoms with Gasteiger partial charge >= 0.3 is 5.03 Å². The van der Waals surface area contributed by atoms with Gasteiger partial charge in [0.25, 0.3) is 30.1 Å². The van der Waals surface area contributed by atoms with Crippen LogP contribution in [0.25, 0.3) is 35.3 Å². The summed E-state index contributed by atoms with van der Waals surface area (Å²) in [7, 11) is -11.9. The summed E-state index contributed by atoms with van der Waals surface area (Å²) in [6.07, 6.45) is 23.8. The quantitative estimate of drug-likeness (QED) is 0.0516. The number of fused-ring (bicyclic) bond motifs is 6. The Hall–Kier alpha value is -10.7. The summed E-state index contributed by atoms with van der Waals surface area (Å²) >= 11 is 3.72. The molecule has 3 aromatic carbocycles. The van der Waals surface area contributed by atoms with E-state index in [0.29, 0.717) is 77.4 Å². The van der Waals surface area contributed by atoms with E-state index < -0.39 is 46.3 Å². The molecule has 1 N–H and O–H groups in total. The normalized spacial score (nSPS) is 19.6. The van der Waals surface area contributed by atoms with Gasteiger partial charge in [-0.1, -0.05) is 47.9 Å². The fourth-order valence-corrected chi connectivity index (χ4v) is 22.1. The van der Waals surface area contributed by atoms with Crippen LogP contribution in [0.1, 0.15) is 122 Å². The van der Waals surface area contributed by atoms with Crippen molar-refractivity contribution >= 4 is 99.7 Å². The van der Waals surface area contributed by atoms with Crippen LogP contribution in [0.2, 0.25) is 0 Å². The predicted molar refractivity (Wildman–Crippen MR) is 412 cm³/mol. The Labute approximate surface area is 663 Å². The number of hydrogen-bond acceptors (Lipinski definition) is 23. The number of aryl methyl sites for hydroxylation is 3. The van der Waals surface area contributed by atoms with Crippen LogP contribution in [0.4, 0.5) is 13.2 Å². The zero-order valence-electron chi connectivity index (χ0n) is 61.5. The number of nitrogens with one attached hydrogen (secondary N) is 1. The van der Waals surface area contributed by atoms with Gasteiger partial charge in [-0.25, -0.2) is 72.1 Å². The van der Waals surface area contributed by atoms with Crippen LogP contribution in [0.15, 0.2) is 177 Å². The maximum Gasteiger partial charge on any atom is 0.346 e. The van der Waals surface area contributed by atoms with Crippen LogP contribution < -0.4 is 4.68 Å². The van der Waals surface area contributed by atoms with Crippen LogP contribution in [-0.2, 0) is 69.0 Å². The molecule has 39 heteroatoms. The highest BCUT2D eigenvalue weighted by Crippen LogP contribution is 2.51. The zero-order valence-corrected chi connectivity index (χ0v) is 66.4. The lowest BCUT2D eigenvalue weighted by molar-refractivity contribution is -0.754. The van der Waals surface area contributed by atoms with Crippen LogP contribution in [-0.4, -0.2) is 179 Å². The number of carbonyl (C=O) groups is 3. The number of aromatic amines is 1. The van der Waals surface area contributed by atoms with Crippen molar-refractivity contribution in [2.24, 2.45) is 16.2 Å². The van der Waals surface area contributed by atoms with Crippen molar-refractivity contribution in [2.75, 3.05) is 39.3 Å². The van der Waals surface area contributed by atoms with Gasteiger partial charge in [0.2, 0.25) is 22.4 Å². The van der Waals surface area contributed by atoms with Crippen molar-refractivity contribution in [3.8, 4) is 17.1 Å². The molecule has 6 aliphatic rings. The van der Waals surface area contributed by atoms with Crippen molar-refractivity contribution in [3.05, 3.63) is 228 Å². The van der Waals surface area contributed by atoms with Crippen molar-refractivity contribution in [1.29, 1.82) is 0 Å². The molecule has 0 unspecified atom stereocenters. The van der Waals surface area contributed by atoms with Crippen molar-refractivity contribution in [3.63, 3.8) is 0 Å². The Morgan fingerprint density at radius 3 is 1.26 bits per heavy atom. The van der Waals surface area contributed by atoms with Gasteiger partial charge < -0.3 is 0 Å². The number of hydrogen-bond donors (Lipinski definition) is 1. The molecule has 9 aromatic heterocycles. The topological polar surface area (TPSA) is 349 Å². The summed E-state index contributed by atoms with van der Waals surface area (Å²) in [5.41, 5.74) is 6.02. The Morgan fingerprint density at radius 1 is 0.491 bits per heavy atom. The van der Waals surface area contributed by atoms with Crippen LogP contribution >= 0.6 is 34.0 Å². The highest BCUT2D eigenvalue weighted by atomic mass is 32.2. The molecule has 3 fully saturated rings. The van der Waals surface area contributed by atoms with Gasteiger partial charge in [0.05, 0.1) is 93.0 Å². The molecule has 3 aliphatic heterocycles. The largest absolute Gasteiger partial charge is 0.346 e. The average molecular weight is 1660 g/mol. The number of Topliss-reactive ketones (excluding diaryl/α,β-unsaturated/α-hetero) is 3. The number of H-pyrrole nitrogens is 1. The molecule has 18 rings (SSSR count). The minimum Gasteiger partial charge on any atom is -0.290 e.